The van der Waals surface area contributed by atoms with Gasteiger partial charge < -0.3 is 16.0 Å². The van der Waals surface area contributed by atoms with Crippen molar-refractivity contribution in [2.75, 3.05) is 31.5 Å². The van der Waals surface area contributed by atoms with Gasteiger partial charge in [-0.1, -0.05) is 18.2 Å². The van der Waals surface area contributed by atoms with Gasteiger partial charge in [-0.15, -0.1) is 24.0 Å². The van der Waals surface area contributed by atoms with Crippen LogP contribution in [0.5, 0.6) is 0 Å². The lowest BCUT2D eigenvalue weighted by Gasteiger charge is -2.19. The molecule has 2 aromatic rings. The first-order chi connectivity index (χ1) is 10.2. The Balaban J connectivity index is 0.00000242. The van der Waals surface area contributed by atoms with Crippen molar-refractivity contribution in [3.8, 4) is 0 Å². The number of rotatable bonds is 6. The molecular formula is C16H24IN5. The van der Waals surface area contributed by atoms with E-state index in [1.807, 2.05) is 29.2 Å². The average molecular weight is 413 g/mol. The Kier molecular flexibility index (Phi) is 7.94. The van der Waals surface area contributed by atoms with Gasteiger partial charge in [0.25, 0.3) is 0 Å². The number of hydrogen-bond acceptors (Lipinski definition) is 3. The summed E-state index contributed by atoms with van der Waals surface area (Å²) in [5.74, 6) is 1.47. The molecule has 0 atom stereocenters. The molecule has 2 rings (SSSR count). The van der Waals surface area contributed by atoms with Crippen LogP contribution in [0.25, 0.3) is 10.9 Å². The molecule has 0 radical (unpaired) electrons. The largest absolute Gasteiger partial charge is 0.370 e. The molecule has 0 saturated heterocycles. The molecule has 3 N–H and O–H groups in total. The molecular weight excluding hydrogens is 389 g/mol. The number of nitrogens with zero attached hydrogens (tertiary/aromatic N) is 3. The second-order valence-corrected chi connectivity index (χ2v) is 4.73. The van der Waals surface area contributed by atoms with Crippen molar-refractivity contribution >= 4 is 46.7 Å². The second kappa shape index (κ2) is 9.45. The minimum absolute atomic E-state index is 0. The summed E-state index contributed by atoms with van der Waals surface area (Å²) in [6.45, 7) is 7.26. The molecule has 0 aliphatic carbocycles. The van der Waals surface area contributed by atoms with Gasteiger partial charge in [-0.25, -0.2) is 4.98 Å². The standard InChI is InChI=1S/C16H23N5.HI/c1-3-21(4-2)16(17)19-12-11-18-15-10-9-13-7-5-6-8-14(13)20-15;/h5-10H,3-4,11-12H2,1-2H3,(H2,17,19)(H,18,20);1H. The zero-order valence-electron chi connectivity index (χ0n) is 13.1. The Morgan fingerprint density at radius 2 is 1.91 bits per heavy atom. The Morgan fingerprint density at radius 1 is 1.18 bits per heavy atom. The molecule has 1 aromatic carbocycles. The summed E-state index contributed by atoms with van der Waals surface area (Å²) in [6.07, 6.45) is 0. The van der Waals surface area contributed by atoms with Crippen LogP contribution in [0.2, 0.25) is 0 Å². The van der Waals surface area contributed by atoms with Crippen molar-refractivity contribution in [2.45, 2.75) is 13.8 Å². The summed E-state index contributed by atoms with van der Waals surface area (Å²) in [6, 6.07) is 12.1. The quantitative estimate of drug-likeness (QED) is 0.331. The van der Waals surface area contributed by atoms with E-state index in [1.165, 1.54) is 0 Å². The van der Waals surface area contributed by atoms with Crippen LogP contribution >= 0.6 is 24.0 Å². The van der Waals surface area contributed by atoms with Crippen LogP contribution in [0.15, 0.2) is 41.4 Å². The number of hydrogen-bond donors (Lipinski definition) is 2. The summed E-state index contributed by atoms with van der Waals surface area (Å²) in [5.41, 5.74) is 6.92. The number of pyridine rings is 1. The van der Waals surface area contributed by atoms with Crippen molar-refractivity contribution in [1.82, 2.24) is 9.88 Å². The number of nitrogens with one attached hydrogen (secondary N) is 1. The number of anilines is 1. The van der Waals surface area contributed by atoms with Gasteiger partial charge in [-0.05, 0) is 32.0 Å². The number of aliphatic imine (C=N–C) groups is 1. The molecule has 0 saturated carbocycles. The molecule has 0 bridgehead atoms. The van der Waals surface area contributed by atoms with Crippen molar-refractivity contribution in [3.63, 3.8) is 0 Å². The topological polar surface area (TPSA) is 66.5 Å². The lowest BCUT2D eigenvalue weighted by Crippen LogP contribution is -2.37. The van der Waals surface area contributed by atoms with Crippen LogP contribution in [-0.2, 0) is 0 Å². The third-order valence-electron chi connectivity index (χ3n) is 3.38. The first-order valence-electron chi connectivity index (χ1n) is 7.39. The number of halogens is 1. The van der Waals surface area contributed by atoms with Crippen LogP contribution in [0.1, 0.15) is 13.8 Å². The molecule has 6 heteroatoms. The Labute approximate surface area is 149 Å². The summed E-state index contributed by atoms with van der Waals surface area (Å²) in [4.78, 5) is 11.0. The minimum Gasteiger partial charge on any atom is -0.370 e. The van der Waals surface area contributed by atoms with Crippen LogP contribution in [-0.4, -0.2) is 42.0 Å². The molecule has 0 aliphatic rings. The third kappa shape index (κ3) is 5.01. The molecule has 0 fully saturated rings. The SMILES string of the molecule is CCN(CC)C(N)=NCCNc1ccc2ccccc2n1.I. The van der Waals surface area contributed by atoms with Crippen LogP contribution in [0, 0.1) is 0 Å². The van der Waals surface area contributed by atoms with E-state index in [2.05, 4.69) is 41.3 Å². The number of aromatic nitrogens is 1. The maximum absolute atomic E-state index is 5.93. The fourth-order valence-electron chi connectivity index (χ4n) is 2.17. The maximum atomic E-state index is 5.93. The Morgan fingerprint density at radius 3 is 2.64 bits per heavy atom. The molecule has 0 spiro atoms. The van der Waals surface area contributed by atoms with Crippen LogP contribution in [0.4, 0.5) is 5.82 Å². The number of guanidine groups is 1. The molecule has 1 aromatic heterocycles. The second-order valence-electron chi connectivity index (χ2n) is 4.73. The number of nitrogens with two attached hydrogens (primary N) is 1. The maximum Gasteiger partial charge on any atom is 0.191 e. The number of para-hydroxylation sites is 1. The summed E-state index contributed by atoms with van der Waals surface area (Å²) in [7, 11) is 0. The molecule has 120 valence electrons. The van der Waals surface area contributed by atoms with Gasteiger partial charge in [0.2, 0.25) is 0 Å². The van der Waals surface area contributed by atoms with Gasteiger partial charge in [0.15, 0.2) is 5.96 Å². The van der Waals surface area contributed by atoms with Gasteiger partial charge in [-0.2, -0.15) is 0 Å². The Hall–Kier alpha value is -1.57. The fraction of sp³-hybridized carbons (Fsp3) is 0.375. The highest BCUT2D eigenvalue weighted by atomic mass is 127. The first-order valence-corrected chi connectivity index (χ1v) is 7.39. The average Bonchev–Trinajstić information content (AvgIpc) is 2.52. The monoisotopic (exact) mass is 413 g/mol. The highest BCUT2D eigenvalue weighted by Crippen LogP contribution is 2.14. The van der Waals surface area contributed by atoms with E-state index in [9.17, 15) is 0 Å². The van der Waals surface area contributed by atoms with E-state index in [4.69, 9.17) is 5.73 Å². The van der Waals surface area contributed by atoms with Crippen molar-refractivity contribution in [3.05, 3.63) is 36.4 Å². The zero-order chi connectivity index (χ0) is 15.1. The molecule has 1 heterocycles. The van der Waals surface area contributed by atoms with E-state index in [1.54, 1.807) is 0 Å². The molecule has 0 unspecified atom stereocenters. The molecule has 22 heavy (non-hydrogen) atoms. The van der Waals surface area contributed by atoms with Crippen molar-refractivity contribution in [2.24, 2.45) is 10.7 Å². The summed E-state index contributed by atoms with van der Waals surface area (Å²) >= 11 is 0. The zero-order valence-corrected chi connectivity index (χ0v) is 15.5. The lowest BCUT2D eigenvalue weighted by molar-refractivity contribution is 0.458. The van der Waals surface area contributed by atoms with Gasteiger partial charge in [-0.3, -0.25) is 4.99 Å². The van der Waals surface area contributed by atoms with E-state index in [-0.39, 0.29) is 24.0 Å². The fourth-order valence-corrected chi connectivity index (χ4v) is 2.17. The van der Waals surface area contributed by atoms with Gasteiger partial charge in [0.05, 0.1) is 12.1 Å². The van der Waals surface area contributed by atoms with Gasteiger partial charge in [0.1, 0.15) is 5.82 Å². The van der Waals surface area contributed by atoms with E-state index in [0.29, 0.717) is 19.0 Å². The third-order valence-corrected chi connectivity index (χ3v) is 3.38. The minimum atomic E-state index is 0. The van der Waals surface area contributed by atoms with Crippen LogP contribution in [0.3, 0.4) is 0 Å². The molecule has 5 nitrogen and oxygen atoms in total. The predicted octanol–water partition coefficient (Wildman–Crippen LogP) is 2.92. The first kappa shape index (κ1) is 18.5. The Bertz CT molecular complexity index is 610. The van der Waals surface area contributed by atoms with Crippen molar-refractivity contribution in [1.29, 1.82) is 0 Å². The van der Waals surface area contributed by atoms with E-state index < -0.39 is 0 Å². The van der Waals surface area contributed by atoms with Gasteiger partial charge in [0, 0.05) is 25.0 Å². The highest BCUT2D eigenvalue weighted by Gasteiger charge is 2.01. The molecule has 0 aliphatic heterocycles. The number of benzene rings is 1. The van der Waals surface area contributed by atoms with Crippen molar-refractivity contribution < 1.29 is 0 Å². The van der Waals surface area contributed by atoms with E-state index >= 15 is 0 Å². The van der Waals surface area contributed by atoms with Crippen LogP contribution < -0.4 is 11.1 Å². The lowest BCUT2D eigenvalue weighted by atomic mass is 10.2. The smallest absolute Gasteiger partial charge is 0.191 e. The summed E-state index contributed by atoms with van der Waals surface area (Å²) in [5, 5.41) is 4.42. The van der Waals surface area contributed by atoms with E-state index in [0.717, 1.165) is 29.8 Å². The normalized spacial score (nSPS) is 11.1. The highest BCUT2D eigenvalue weighted by molar-refractivity contribution is 14.0. The predicted molar refractivity (Wildman–Crippen MR) is 105 cm³/mol. The molecule has 0 amide bonds. The number of fused-ring (bicyclic) bond motifs is 1. The van der Waals surface area contributed by atoms with Gasteiger partial charge >= 0.3 is 0 Å². The summed E-state index contributed by atoms with van der Waals surface area (Å²) < 4.78 is 0.